The van der Waals surface area contributed by atoms with Crippen molar-refractivity contribution in [3.63, 3.8) is 0 Å². The van der Waals surface area contributed by atoms with Crippen LogP contribution in [0.4, 0.5) is 0 Å². The van der Waals surface area contributed by atoms with Gasteiger partial charge in [-0.05, 0) is 74.5 Å². The molecule has 4 rings (SSSR count). The van der Waals surface area contributed by atoms with Crippen LogP contribution >= 0.6 is 0 Å². The Kier molecular flexibility index (Phi) is 3.40. The first-order chi connectivity index (χ1) is 11.0. The summed E-state index contributed by atoms with van der Waals surface area (Å²) >= 11 is 0. The molecule has 1 aromatic heterocycles. The molecule has 2 nitrogen and oxygen atoms in total. The van der Waals surface area contributed by atoms with Crippen molar-refractivity contribution in [2.45, 2.75) is 71.6 Å². The SMILES string of the molecule is CC(C)=C[C@H]1C[C@H](C)[C@H]2CC[C@@H](C)c3c2c1c(C)c1ncoc31. The predicted octanol–water partition coefficient (Wildman–Crippen LogP) is 6.21. The molecule has 0 aliphatic heterocycles. The van der Waals surface area contributed by atoms with Crippen LogP contribution in [0.1, 0.15) is 87.0 Å². The maximum absolute atomic E-state index is 5.86. The molecule has 1 heterocycles. The van der Waals surface area contributed by atoms with Crippen molar-refractivity contribution >= 4 is 11.1 Å². The number of rotatable bonds is 1. The number of benzene rings is 1. The lowest BCUT2D eigenvalue weighted by Gasteiger charge is -2.42. The van der Waals surface area contributed by atoms with Gasteiger partial charge < -0.3 is 4.42 Å². The molecule has 0 fully saturated rings. The fourth-order valence-corrected chi connectivity index (χ4v) is 5.19. The molecule has 0 bridgehead atoms. The average Bonchev–Trinajstić information content (AvgIpc) is 2.95. The number of allylic oxidation sites excluding steroid dienone is 2. The monoisotopic (exact) mass is 309 g/mol. The van der Waals surface area contributed by atoms with E-state index in [9.17, 15) is 0 Å². The molecule has 0 saturated heterocycles. The van der Waals surface area contributed by atoms with E-state index in [1.807, 2.05) is 0 Å². The van der Waals surface area contributed by atoms with Crippen LogP contribution in [0, 0.1) is 12.8 Å². The molecular weight excluding hydrogens is 282 g/mol. The minimum Gasteiger partial charge on any atom is -0.443 e. The Morgan fingerprint density at radius 1 is 1.17 bits per heavy atom. The minimum absolute atomic E-state index is 0.534. The summed E-state index contributed by atoms with van der Waals surface area (Å²) in [7, 11) is 0. The van der Waals surface area contributed by atoms with Crippen LogP contribution in [0.2, 0.25) is 0 Å². The third-order valence-electron chi connectivity index (χ3n) is 6.14. The Bertz CT molecular complexity index is 794. The van der Waals surface area contributed by atoms with Gasteiger partial charge in [0.15, 0.2) is 12.0 Å². The van der Waals surface area contributed by atoms with Gasteiger partial charge in [-0.1, -0.05) is 25.5 Å². The van der Waals surface area contributed by atoms with E-state index in [1.54, 1.807) is 17.5 Å². The Labute approximate surface area is 139 Å². The van der Waals surface area contributed by atoms with Crippen LogP contribution < -0.4 is 0 Å². The first-order valence-corrected chi connectivity index (χ1v) is 9.03. The van der Waals surface area contributed by atoms with E-state index in [2.05, 4.69) is 45.7 Å². The van der Waals surface area contributed by atoms with E-state index in [0.717, 1.165) is 17.0 Å². The maximum atomic E-state index is 5.86. The quantitative estimate of drug-likeness (QED) is 0.585. The van der Waals surface area contributed by atoms with Gasteiger partial charge in [0.25, 0.3) is 0 Å². The second-order valence-electron chi connectivity index (χ2n) is 8.04. The molecule has 0 unspecified atom stereocenters. The molecule has 122 valence electrons. The summed E-state index contributed by atoms with van der Waals surface area (Å²) in [5.74, 6) is 2.56. The average molecular weight is 309 g/mol. The first-order valence-electron chi connectivity index (χ1n) is 9.03. The Morgan fingerprint density at radius 3 is 2.70 bits per heavy atom. The molecule has 0 spiro atoms. The molecule has 0 amide bonds. The lowest BCUT2D eigenvalue weighted by atomic mass is 9.62. The normalized spacial score (nSPS) is 29.4. The van der Waals surface area contributed by atoms with Crippen molar-refractivity contribution in [3.8, 4) is 0 Å². The molecule has 2 aliphatic rings. The highest BCUT2D eigenvalue weighted by molar-refractivity contribution is 5.84. The van der Waals surface area contributed by atoms with Crippen LogP contribution in [0.5, 0.6) is 0 Å². The number of aromatic nitrogens is 1. The van der Waals surface area contributed by atoms with E-state index in [4.69, 9.17) is 4.42 Å². The first kappa shape index (κ1) is 15.0. The Balaban J connectivity index is 2.10. The number of fused-ring (bicyclic) bond motifs is 2. The largest absolute Gasteiger partial charge is 0.443 e. The van der Waals surface area contributed by atoms with E-state index < -0.39 is 0 Å². The third kappa shape index (κ3) is 2.10. The summed E-state index contributed by atoms with van der Waals surface area (Å²) in [5.41, 5.74) is 9.56. The minimum atomic E-state index is 0.534. The van der Waals surface area contributed by atoms with Crippen LogP contribution in [-0.4, -0.2) is 4.98 Å². The highest BCUT2D eigenvalue weighted by Gasteiger charge is 2.40. The van der Waals surface area contributed by atoms with Gasteiger partial charge in [-0.2, -0.15) is 0 Å². The zero-order valence-electron chi connectivity index (χ0n) is 14.9. The standard InChI is InChI=1S/C21H27NO/c1-11(2)8-15-9-13(4)16-7-6-12(3)17-19(16)18(15)14(5)20-21(17)23-10-22-20/h8,10,12-13,15-16H,6-7,9H2,1-5H3/t12-,13+,15+,16-/m1/s1. The van der Waals surface area contributed by atoms with Gasteiger partial charge in [-0.15, -0.1) is 0 Å². The van der Waals surface area contributed by atoms with Gasteiger partial charge in [-0.3, -0.25) is 0 Å². The topological polar surface area (TPSA) is 26.0 Å². The summed E-state index contributed by atoms with van der Waals surface area (Å²) < 4.78 is 5.86. The third-order valence-corrected chi connectivity index (χ3v) is 6.14. The second-order valence-corrected chi connectivity index (χ2v) is 8.04. The number of hydrogen-bond acceptors (Lipinski definition) is 2. The van der Waals surface area contributed by atoms with Crippen LogP contribution in [0.15, 0.2) is 22.5 Å². The summed E-state index contributed by atoms with van der Waals surface area (Å²) in [6, 6.07) is 0. The van der Waals surface area contributed by atoms with Gasteiger partial charge in [-0.25, -0.2) is 4.98 Å². The van der Waals surface area contributed by atoms with Crippen molar-refractivity contribution < 1.29 is 4.42 Å². The molecule has 1 aromatic carbocycles. The van der Waals surface area contributed by atoms with E-state index in [1.165, 1.54) is 36.0 Å². The second kappa shape index (κ2) is 5.22. The van der Waals surface area contributed by atoms with E-state index in [0.29, 0.717) is 17.8 Å². The fourth-order valence-electron chi connectivity index (χ4n) is 5.19. The lowest BCUT2D eigenvalue weighted by molar-refractivity contribution is 0.332. The molecular formula is C21H27NO. The number of oxazole rings is 1. The maximum Gasteiger partial charge on any atom is 0.182 e. The highest BCUT2D eigenvalue weighted by Crippen LogP contribution is 2.55. The van der Waals surface area contributed by atoms with Gasteiger partial charge >= 0.3 is 0 Å². The molecule has 2 aromatic rings. The van der Waals surface area contributed by atoms with Crippen LogP contribution in [-0.2, 0) is 0 Å². The predicted molar refractivity (Wildman–Crippen MR) is 95.1 cm³/mol. The van der Waals surface area contributed by atoms with Crippen molar-refractivity contribution in [2.24, 2.45) is 5.92 Å². The molecule has 2 aliphatic carbocycles. The molecule has 0 saturated carbocycles. The Hall–Kier alpha value is -1.57. The number of hydrogen-bond donors (Lipinski definition) is 0. The van der Waals surface area contributed by atoms with Crippen LogP contribution in [0.3, 0.4) is 0 Å². The molecule has 0 radical (unpaired) electrons. The highest BCUT2D eigenvalue weighted by atomic mass is 16.3. The van der Waals surface area contributed by atoms with E-state index >= 15 is 0 Å². The molecule has 2 heteroatoms. The lowest BCUT2D eigenvalue weighted by Crippen LogP contribution is -2.28. The number of aryl methyl sites for hydroxylation is 1. The zero-order chi connectivity index (χ0) is 16.3. The van der Waals surface area contributed by atoms with Gasteiger partial charge in [0.1, 0.15) is 5.52 Å². The summed E-state index contributed by atoms with van der Waals surface area (Å²) in [4.78, 5) is 4.56. The number of nitrogens with zero attached hydrogens (tertiary/aromatic N) is 1. The zero-order valence-corrected chi connectivity index (χ0v) is 14.9. The smallest absolute Gasteiger partial charge is 0.182 e. The molecule has 23 heavy (non-hydrogen) atoms. The Morgan fingerprint density at radius 2 is 1.96 bits per heavy atom. The summed E-state index contributed by atoms with van der Waals surface area (Å²) in [6.45, 7) is 11.5. The van der Waals surface area contributed by atoms with Gasteiger partial charge in [0.05, 0.1) is 0 Å². The fraction of sp³-hybridized carbons (Fsp3) is 0.571. The van der Waals surface area contributed by atoms with Crippen molar-refractivity contribution in [1.82, 2.24) is 4.98 Å². The van der Waals surface area contributed by atoms with Crippen LogP contribution in [0.25, 0.3) is 11.1 Å². The molecule has 0 N–H and O–H groups in total. The van der Waals surface area contributed by atoms with Crippen molar-refractivity contribution in [2.75, 3.05) is 0 Å². The molecule has 4 atom stereocenters. The van der Waals surface area contributed by atoms with Gasteiger partial charge in [0, 0.05) is 11.5 Å². The van der Waals surface area contributed by atoms with Crippen molar-refractivity contribution in [1.29, 1.82) is 0 Å². The van der Waals surface area contributed by atoms with Crippen molar-refractivity contribution in [3.05, 3.63) is 40.3 Å². The van der Waals surface area contributed by atoms with E-state index in [-0.39, 0.29) is 0 Å². The van der Waals surface area contributed by atoms with Gasteiger partial charge in [0.2, 0.25) is 0 Å². The summed E-state index contributed by atoms with van der Waals surface area (Å²) in [5, 5.41) is 0. The summed E-state index contributed by atoms with van der Waals surface area (Å²) in [6.07, 6.45) is 7.97.